The number of carbonyl (C=O) groups is 1. The van der Waals surface area contributed by atoms with Crippen LogP contribution < -0.4 is 5.32 Å². The van der Waals surface area contributed by atoms with Gasteiger partial charge in [0.1, 0.15) is 48.8 Å². The minimum absolute atomic E-state index is 0.245. The normalized spacial score (nSPS) is 23.3. The molecule has 2 saturated heterocycles. The van der Waals surface area contributed by atoms with Gasteiger partial charge in [-0.2, -0.15) is 0 Å². The van der Waals surface area contributed by atoms with E-state index < -0.39 is 86.8 Å². The molecule has 12 unspecified atom stereocenters. The molecule has 0 aliphatic carbocycles. The second-order valence-corrected chi connectivity index (χ2v) is 26.0. The number of ether oxygens (including phenoxy) is 4. The summed E-state index contributed by atoms with van der Waals surface area (Å²) in [5, 5.41) is 87.4. The molecule has 1 amide bonds. The van der Waals surface area contributed by atoms with Crippen molar-refractivity contribution in [3.8, 4) is 0 Å². The molecule has 0 spiro atoms. The SMILES string of the molecule is CC/C=C\C/C=C\C/C=C\C/C=C\CCCCCCCCCCCCCCCCCCCCCCCCCCCCC(=O)NC(COC1OC(CO)C(OC2OC(CO)C(O)C(O)C2O)C(O)C1O)C(O)/C=C/CC/C=C/CCCCCCCCCCCCC. The van der Waals surface area contributed by atoms with Crippen molar-refractivity contribution in [2.75, 3.05) is 19.8 Å². The van der Waals surface area contributed by atoms with E-state index in [2.05, 4.69) is 79.9 Å². The van der Waals surface area contributed by atoms with Crippen LogP contribution in [-0.4, -0.2) is 140 Å². The molecule has 14 heteroatoms. The molecule has 0 saturated carbocycles. The first-order valence-electron chi connectivity index (χ1n) is 37.2. The van der Waals surface area contributed by atoms with Crippen LogP contribution in [0.25, 0.3) is 0 Å². The van der Waals surface area contributed by atoms with E-state index in [1.165, 1.54) is 218 Å². The highest BCUT2D eigenvalue weighted by molar-refractivity contribution is 5.76. The lowest BCUT2D eigenvalue weighted by atomic mass is 9.97. The second kappa shape index (κ2) is 60.1. The molecule has 2 heterocycles. The zero-order chi connectivity index (χ0) is 65.2. The summed E-state index contributed by atoms with van der Waals surface area (Å²) in [6, 6.07) is -0.932. The largest absolute Gasteiger partial charge is 0.394 e. The zero-order valence-electron chi connectivity index (χ0n) is 57.1. The highest BCUT2D eigenvalue weighted by Gasteiger charge is 2.51. The molecule has 0 aromatic carbocycles. The first kappa shape index (κ1) is 83.5. The Kier molecular flexibility index (Phi) is 55.8. The lowest BCUT2D eigenvalue weighted by Crippen LogP contribution is -2.65. The maximum atomic E-state index is 13.3. The summed E-state index contributed by atoms with van der Waals surface area (Å²) in [4.78, 5) is 13.3. The number of carbonyl (C=O) groups excluding carboxylic acids is 1. The summed E-state index contributed by atoms with van der Waals surface area (Å²) in [5.74, 6) is -0.245. The fraction of sp³-hybridized carbons (Fsp3) is 0.829. The highest BCUT2D eigenvalue weighted by Crippen LogP contribution is 2.30. The molecule has 90 heavy (non-hydrogen) atoms. The van der Waals surface area contributed by atoms with Gasteiger partial charge in [-0.15, -0.1) is 0 Å². The van der Waals surface area contributed by atoms with Gasteiger partial charge in [0.2, 0.25) is 5.91 Å². The van der Waals surface area contributed by atoms with Gasteiger partial charge in [-0.05, 0) is 70.6 Å². The third-order valence-corrected chi connectivity index (χ3v) is 17.9. The zero-order valence-corrected chi connectivity index (χ0v) is 57.1. The number of unbranched alkanes of at least 4 members (excludes halogenated alkanes) is 38. The lowest BCUT2D eigenvalue weighted by Gasteiger charge is -2.46. The van der Waals surface area contributed by atoms with Crippen molar-refractivity contribution in [3.63, 3.8) is 0 Å². The number of amides is 1. The molecular weight excluding hydrogens is 1130 g/mol. The van der Waals surface area contributed by atoms with Gasteiger partial charge in [0, 0.05) is 6.42 Å². The van der Waals surface area contributed by atoms with Crippen LogP contribution in [0.4, 0.5) is 0 Å². The number of rotatable bonds is 61. The monoisotopic (exact) mass is 1270 g/mol. The van der Waals surface area contributed by atoms with Crippen LogP contribution in [0.5, 0.6) is 0 Å². The average molecular weight is 1270 g/mol. The fourth-order valence-electron chi connectivity index (χ4n) is 12.0. The van der Waals surface area contributed by atoms with Crippen LogP contribution in [0.3, 0.4) is 0 Å². The van der Waals surface area contributed by atoms with Gasteiger partial charge in [0.25, 0.3) is 0 Å². The minimum Gasteiger partial charge on any atom is -0.394 e. The summed E-state index contributed by atoms with van der Waals surface area (Å²) >= 11 is 0. The Bertz CT molecular complexity index is 1790. The molecule has 14 nitrogen and oxygen atoms in total. The molecule has 12 atom stereocenters. The molecule has 2 aliphatic heterocycles. The summed E-state index contributed by atoms with van der Waals surface area (Å²) in [6.45, 7) is 2.70. The van der Waals surface area contributed by atoms with Crippen LogP contribution >= 0.6 is 0 Å². The average Bonchev–Trinajstić information content (AvgIpc) is 1.04. The van der Waals surface area contributed by atoms with E-state index in [4.69, 9.17) is 18.9 Å². The van der Waals surface area contributed by atoms with Gasteiger partial charge in [-0.25, -0.2) is 0 Å². The summed E-state index contributed by atoms with van der Waals surface area (Å²) < 4.78 is 22.8. The van der Waals surface area contributed by atoms with E-state index in [9.17, 15) is 45.6 Å². The molecule has 524 valence electrons. The van der Waals surface area contributed by atoms with E-state index in [0.29, 0.717) is 12.8 Å². The van der Waals surface area contributed by atoms with Gasteiger partial charge in [-0.3, -0.25) is 4.79 Å². The number of hydrogen-bond acceptors (Lipinski definition) is 13. The van der Waals surface area contributed by atoms with E-state index >= 15 is 0 Å². The predicted octanol–water partition coefficient (Wildman–Crippen LogP) is 15.8. The Balaban J connectivity index is 1.57. The van der Waals surface area contributed by atoms with Gasteiger partial charge < -0.3 is 65.1 Å². The first-order valence-corrected chi connectivity index (χ1v) is 37.2. The number of allylic oxidation sites excluding steroid dienone is 11. The molecule has 0 aromatic rings. The van der Waals surface area contributed by atoms with Crippen LogP contribution in [0.1, 0.15) is 309 Å². The molecule has 0 aromatic heterocycles. The van der Waals surface area contributed by atoms with Crippen molar-refractivity contribution in [3.05, 3.63) is 72.9 Å². The minimum atomic E-state index is -1.79. The molecule has 0 bridgehead atoms. The van der Waals surface area contributed by atoms with Crippen LogP contribution in [0.2, 0.25) is 0 Å². The van der Waals surface area contributed by atoms with Crippen molar-refractivity contribution in [1.82, 2.24) is 5.32 Å². The topological polar surface area (TPSA) is 228 Å². The summed E-state index contributed by atoms with van der Waals surface area (Å²) in [6.07, 6.45) is 65.6. The van der Waals surface area contributed by atoms with Crippen molar-refractivity contribution in [2.24, 2.45) is 0 Å². The van der Waals surface area contributed by atoms with E-state index in [1.54, 1.807) is 6.08 Å². The standard InChI is InChI=1S/C76H137NO13/c1-3-5-7-9-11-13-15-17-19-21-22-23-24-25-26-27-28-29-30-31-32-33-34-35-36-37-38-39-40-41-42-44-46-48-50-52-54-56-58-60-68(81)77-64(65(80)59-57-55-53-51-49-47-45-43-20-18-16-14-12-10-8-6-4-2)63-87-75-73(86)71(84)74(67(62-79)89-75)90-76-72(85)70(83)69(82)66(61-78)88-76/h5,7,11,13,17,19,22-23,49,51,57,59,64-67,69-76,78-80,82-86H,3-4,6,8-10,12,14-16,18,20-21,24-48,50,52-56,58,60-63H2,1-2H3,(H,77,81)/b7-5-,13-11-,19-17-,23-22-,51-49+,59-57+. The van der Waals surface area contributed by atoms with Crippen LogP contribution in [0, 0.1) is 0 Å². The molecule has 2 rings (SSSR count). The van der Waals surface area contributed by atoms with E-state index in [1.807, 2.05) is 6.08 Å². The smallest absolute Gasteiger partial charge is 0.220 e. The predicted molar refractivity (Wildman–Crippen MR) is 369 cm³/mol. The summed E-state index contributed by atoms with van der Waals surface area (Å²) in [5.41, 5.74) is 0. The molecule has 2 fully saturated rings. The van der Waals surface area contributed by atoms with E-state index in [-0.39, 0.29) is 18.9 Å². The van der Waals surface area contributed by atoms with Gasteiger partial charge in [0.15, 0.2) is 12.6 Å². The maximum Gasteiger partial charge on any atom is 0.220 e. The number of aliphatic hydroxyl groups excluding tert-OH is 8. The molecule has 9 N–H and O–H groups in total. The van der Waals surface area contributed by atoms with Gasteiger partial charge in [-0.1, -0.05) is 305 Å². The Morgan fingerprint density at radius 3 is 1.22 bits per heavy atom. The number of aliphatic hydroxyl groups is 8. The van der Waals surface area contributed by atoms with Gasteiger partial charge in [0.05, 0.1) is 32.0 Å². The molecule has 2 aliphatic rings. The summed E-state index contributed by atoms with van der Waals surface area (Å²) in [7, 11) is 0. The van der Waals surface area contributed by atoms with Crippen molar-refractivity contribution >= 4 is 5.91 Å². The van der Waals surface area contributed by atoms with E-state index in [0.717, 1.165) is 57.8 Å². The quantitative estimate of drug-likeness (QED) is 0.0204. The van der Waals surface area contributed by atoms with Gasteiger partial charge >= 0.3 is 0 Å². The lowest BCUT2D eigenvalue weighted by molar-refractivity contribution is -0.359. The van der Waals surface area contributed by atoms with Crippen molar-refractivity contribution < 1.29 is 64.6 Å². The Hall–Kier alpha value is -2.57. The Morgan fingerprint density at radius 2 is 0.778 bits per heavy atom. The molecular formula is C76H137NO13. The highest BCUT2D eigenvalue weighted by atomic mass is 16.7. The second-order valence-electron chi connectivity index (χ2n) is 26.0. The third-order valence-electron chi connectivity index (χ3n) is 17.9. The maximum absolute atomic E-state index is 13.3. The third kappa shape index (κ3) is 43.4. The first-order chi connectivity index (χ1) is 44.1. The van der Waals surface area contributed by atoms with Crippen molar-refractivity contribution in [1.29, 1.82) is 0 Å². The fourth-order valence-corrected chi connectivity index (χ4v) is 12.0. The number of nitrogens with one attached hydrogen (secondary N) is 1. The number of hydrogen-bond donors (Lipinski definition) is 9. The Labute approximate surface area is 548 Å². The van der Waals surface area contributed by atoms with Crippen LogP contribution in [0.15, 0.2) is 72.9 Å². The molecule has 0 radical (unpaired) electrons. The Morgan fingerprint density at radius 1 is 0.411 bits per heavy atom. The van der Waals surface area contributed by atoms with Crippen LogP contribution in [-0.2, 0) is 23.7 Å². The van der Waals surface area contributed by atoms with Crippen molar-refractivity contribution in [2.45, 2.75) is 383 Å².